The highest BCUT2D eigenvalue weighted by Gasteiger charge is 2.54. The molecule has 1 aromatic heterocycles. The van der Waals surface area contributed by atoms with Crippen LogP contribution < -0.4 is 10.6 Å². The minimum Gasteiger partial charge on any atom is -0.444 e. The smallest absolute Gasteiger partial charge is 0.408 e. The predicted molar refractivity (Wildman–Crippen MR) is 125 cm³/mol. The molecule has 1 aliphatic heterocycles. The van der Waals surface area contributed by atoms with Crippen molar-refractivity contribution >= 4 is 17.9 Å². The molecule has 9 heteroatoms. The molecule has 0 aromatic carbocycles. The molecule has 1 aliphatic carbocycles. The van der Waals surface area contributed by atoms with E-state index < -0.39 is 17.2 Å². The van der Waals surface area contributed by atoms with E-state index in [4.69, 9.17) is 10.00 Å². The zero-order valence-corrected chi connectivity index (χ0v) is 20.4. The van der Waals surface area contributed by atoms with Crippen LogP contribution in [-0.2, 0) is 20.9 Å². The van der Waals surface area contributed by atoms with E-state index >= 15 is 0 Å². The van der Waals surface area contributed by atoms with Crippen molar-refractivity contribution in [3.8, 4) is 6.07 Å². The third-order valence-corrected chi connectivity index (χ3v) is 6.57. The molecule has 2 N–H and O–H groups in total. The van der Waals surface area contributed by atoms with E-state index in [1.54, 1.807) is 44.0 Å². The number of aromatic nitrogens is 1. The molecule has 9 nitrogen and oxygen atoms in total. The summed E-state index contributed by atoms with van der Waals surface area (Å²) in [6.07, 6.45) is 7.28. The van der Waals surface area contributed by atoms with Crippen LogP contribution in [0, 0.1) is 17.2 Å². The number of hydrogen-bond acceptors (Lipinski definition) is 6. The molecule has 2 fully saturated rings. The van der Waals surface area contributed by atoms with Gasteiger partial charge >= 0.3 is 6.09 Å². The highest BCUT2D eigenvalue weighted by molar-refractivity contribution is 5.93. The van der Waals surface area contributed by atoms with Crippen molar-refractivity contribution in [2.45, 2.75) is 83.4 Å². The van der Waals surface area contributed by atoms with Crippen LogP contribution in [0.4, 0.5) is 4.79 Å². The summed E-state index contributed by atoms with van der Waals surface area (Å²) in [6, 6.07) is 5.36. The zero-order valence-electron chi connectivity index (χ0n) is 20.4. The van der Waals surface area contributed by atoms with Crippen LogP contribution in [0.5, 0.6) is 0 Å². The molecule has 0 unspecified atom stereocenters. The minimum absolute atomic E-state index is 0.0771. The van der Waals surface area contributed by atoms with Crippen molar-refractivity contribution in [1.29, 1.82) is 5.26 Å². The van der Waals surface area contributed by atoms with Gasteiger partial charge in [0.2, 0.25) is 11.8 Å². The normalized spacial score (nSPS) is 20.9. The molecule has 1 saturated heterocycles. The van der Waals surface area contributed by atoms with Crippen molar-refractivity contribution in [2.24, 2.45) is 5.92 Å². The van der Waals surface area contributed by atoms with Gasteiger partial charge < -0.3 is 20.3 Å². The third-order valence-electron chi connectivity index (χ3n) is 6.57. The van der Waals surface area contributed by atoms with Gasteiger partial charge in [0.05, 0.1) is 0 Å². The number of carbonyl (C=O) groups excluding carboxylic acids is 3. The summed E-state index contributed by atoms with van der Waals surface area (Å²) < 4.78 is 5.24. The van der Waals surface area contributed by atoms with E-state index in [-0.39, 0.29) is 30.8 Å². The van der Waals surface area contributed by atoms with Gasteiger partial charge in [-0.05, 0) is 64.0 Å². The van der Waals surface area contributed by atoms with E-state index in [2.05, 4.69) is 15.6 Å². The van der Waals surface area contributed by atoms with Crippen LogP contribution in [0.15, 0.2) is 18.3 Å². The van der Waals surface area contributed by atoms with E-state index in [9.17, 15) is 14.4 Å². The highest BCUT2D eigenvalue weighted by Crippen LogP contribution is 2.43. The van der Waals surface area contributed by atoms with Crippen LogP contribution in [0.1, 0.15) is 77.0 Å². The summed E-state index contributed by atoms with van der Waals surface area (Å²) in [7, 11) is 0. The molecule has 0 bridgehead atoms. The number of alkyl carbamates (subject to hydrolysis) is 1. The molecule has 3 amide bonds. The minimum atomic E-state index is -0.923. The molecule has 1 atom stereocenters. The fourth-order valence-corrected chi connectivity index (χ4v) is 5.10. The van der Waals surface area contributed by atoms with E-state index in [0.29, 0.717) is 18.7 Å². The SMILES string of the molecule is CC(C)(C)OC(=O)NCC(=O)N1CCC[C@]1(C(=O)NCc1ccc(C#N)nc1)C1CCCCC1. The van der Waals surface area contributed by atoms with Gasteiger partial charge in [0.15, 0.2) is 0 Å². The fourth-order valence-electron chi connectivity index (χ4n) is 5.10. The topological polar surface area (TPSA) is 124 Å². The van der Waals surface area contributed by atoms with Gasteiger partial charge in [0, 0.05) is 19.3 Å². The van der Waals surface area contributed by atoms with E-state index in [1.807, 2.05) is 6.07 Å². The standard InChI is InChI=1S/C25H35N5O4/c1-24(2,3)34-23(33)29-17-21(31)30-13-7-12-25(30,19-8-5-4-6-9-19)22(32)28-16-18-10-11-20(14-26)27-15-18/h10-11,15,19H,4-9,12-13,16-17H2,1-3H3,(H,28,32)(H,29,33)/t25-/m1/s1. The number of hydrogen-bond donors (Lipinski definition) is 2. The van der Waals surface area contributed by atoms with Crippen LogP contribution in [0.3, 0.4) is 0 Å². The second-order valence-electron chi connectivity index (χ2n) is 10.1. The Morgan fingerprint density at radius 1 is 1.18 bits per heavy atom. The molecule has 2 aliphatic rings. The molecule has 1 saturated carbocycles. The molecule has 0 radical (unpaired) electrons. The van der Waals surface area contributed by atoms with Crippen molar-refractivity contribution in [1.82, 2.24) is 20.5 Å². The van der Waals surface area contributed by atoms with Gasteiger partial charge in [0.1, 0.15) is 29.4 Å². The Bertz CT molecular complexity index is 928. The lowest BCUT2D eigenvalue weighted by Crippen LogP contribution is -2.63. The average Bonchev–Trinajstić information content (AvgIpc) is 3.27. The number of pyridine rings is 1. The lowest BCUT2D eigenvalue weighted by atomic mass is 9.72. The van der Waals surface area contributed by atoms with Gasteiger partial charge in [-0.25, -0.2) is 9.78 Å². The van der Waals surface area contributed by atoms with Gasteiger partial charge in [0.25, 0.3) is 0 Å². The first-order chi connectivity index (χ1) is 16.2. The monoisotopic (exact) mass is 469 g/mol. The summed E-state index contributed by atoms with van der Waals surface area (Å²) in [5.74, 6) is -0.357. The van der Waals surface area contributed by atoms with Crippen molar-refractivity contribution in [3.05, 3.63) is 29.6 Å². The Kier molecular flexibility index (Phi) is 8.13. The van der Waals surface area contributed by atoms with Crippen LogP contribution in [0.2, 0.25) is 0 Å². The number of nitrogens with zero attached hydrogens (tertiary/aromatic N) is 3. The maximum Gasteiger partial charge on any atom is 0.408 e. The second kappa shape index (κ2) is 10.9. The molecule has 2 heterocycles. The van der Waals surface area contributed by atoms with Gasteiger partial charge in [-0.2, -0.15) is 5.26 Å². The summed E-state index contributed by atoms with van der Waals surface area (Å²) in [6.45, 7) is 5.82. The lowest BCUT2D eigenvalue weighted by Gasteiger charge is -2.44. The number of nitriles is 1. The Balaban J connectivity index is 1.74. The van der Waals surface area contributed by atoms with Gasteiger partial charge in [-0.3, -0.25) is 9.59 Å². The summed E-state index contributed by atoms with van der Waals surface area (Å²) in [5.41, 5.74) is -0.479. The van der Waals surface area contributed by atoms with Crippen molar-refractivity contribution in [2.75, 3.05) is 13.1 Å². The maximum absolute atomic E-state index is 13.7. The third kappa shape index (κ3) is 6.04. The Labute approximate surface area is 201 Å². The molecule has 34 heavy (non-hydrogen) atoms. The number of carbonyl (C=O) groups is 3. The molecular weight excluding hydrogens is 434 g/mol. The Morgan fingerprint density at radius 3 is 2.53 bits per heavy atom. The van der Waals surface area contributed by atoms with E-state index in [0.717, 1.165) is 44.1 Å². The molecule has 3 rings (SSSR count). The second-order valence-corrected chi connectivity index (χ2v) is 10.1. The molecule has 1 aromatic rings. The number of rotatable bonds is 6. The molecule has 184 valence electrons. The van der Waals surface area contributed by atoms with Crippen LogP contribution >= 0.6 is 0 Å². The first kappa shape index (κ1) is 25.5. The zero-order chi connectivity index (χ0) is 24.8. The quantitative estimate of drug-likeness (QED) is 0.660. The number of amides is 3. The van der Waals surface area contributed by atoms with Crippen molar-refractivity contribution < 1.29 is 19.1 Å². The van der Waals surface area contributed by atoms with E-state index in [1.165, 1.54) is 0 Å². The maximum atomic E-state index is 13.7. The Hall–Kier alpha value is -3.15. The number of nitrogens with one attached hydrogen (secondary N) is 2. The summed E-state index contributed by atoms with van der Waals surface area (Å²) in [5, 5.41) is 14.5. The van der Waals surface area contributed by atoms with Crippen LogP contribution in [0.25, 0.3) is 0 Å². The lowest BCUT2D eigenvalue weighted by molar-refractivity contribution is -0.149. The molecule has 0 spiro atoms. The first-order valence-electron chi connectivity index (χ1n) is 12.1. The predicted octanol–water partition coefficient (Wildman–Crippen LogP) is 3.04. The molecular formula is C25H35N5O4. The fraction of sp³-hybridized carbons (Fsp3) is 0.640. The van der Waals surface area contributed by atoms with Crippen LogP contribution in [-0.4, -0.2) is 52.0 Å². The highest BCUT2D eigenvalue weighted by atomic mass is 16.6. The van der Waals surface area contributed by atoms with Gasteiger partial charge in [-0.15, -0.1) is 0 Å². The average molecular weight is 470 g/mol. The van der Waals surface area contributed by atoms with Crippen molar-refractivity contribution in [3.63, 3.8) is 0 Å². The summed E-state index contributed by atoms with van der Waals surface area (Å²) in [4.78, 5) is 44.8. The number of likely N-dealkylation sites (tertiary alicyclic amines) is 1. The first-order valence-corrected chi connectivity index (χ1v) is 12.1. The number of ether oxygens (including phenoxy) is 1. The summed E-state index contributed by atoms with van der Waals surface area (Å²) >= 11 is 0. The largest absolute Gasteiger partial charge is 0.444 e. The Morgan fingerprint density at radius 2 is 1.91 bits per heavy atom. The van der Waals surface area contributed by atoms with Gasteiger partial charge in [-0.1, -0.05) is 25.3 Å².